The summed E-state index contributed by atoms with van der Waals surface area (Å²) in [6, 6.07) is 7.95. The van der Waals surface area contributed by atoms with Gasteiger partial charge in [-0.2, -0.15) is 0 Å². The molecule has 0 aliphatic heterocycles. The highest BCUT2D eigenvalue weighted by molar-refractivity contribution is 9.10. The number of halogens is 1. The van der Waals surface area contributed by atoms with Crippen LogP contribution in [0.2, 0.25) is 0 Å². The summed E-state index contributed by atoms with van der Waals surface area (Å²) in [7, 11) is 1.70. The molecular formula is C14H18BrNO2. The fourth-order valence-electron chi connectivity index (χ4n) is 2.18. The van der Waals surface area contributed by atoms with Crippen LogP contribution in [0.4, 0.5) is 0 Å². The van der Waals surface area contributed by atoms with E-state index in [1.165, 1.54) is 0 Å². The van der Waals surface area contributed by atoms with Crippen molar-refractivity contribution in [2.45, 2.75) is 37.8 Å². The maximum atomic E-state index is 11.9. The highest BCUT2D eigenvalue weighted by Crippen LogP contribution is 2.37. The van der Waals surface area contributed by atoms with E-state index >= 15 is 0 Å². The van der Waals surface area contributed by atoms with Gasteiger partial charge in [0, 0.05) is 18.1 Å². The third kappa shape index (κ3) is 3.33. The van der Waals surface area contributed by atoms with E-state index in [0.717, 1.165) is 29.3 Å². The maximum absolute atomic E-state index is 11.9. The first-order chi connectivity index (χ1) is 8.63. The molecule has 0 atom stereocenters. The molecular weight excluding hydrogens is 294 g/mol. The molecule has 1 amide bonds. The molecule has 1 aliphatic carbocycles. The molecule has 0 unspecified atom stereocenters. The maximum Gasteiger partial charge on any atom is 0.223 e. The molecule has 0 spiro atoms. The molecule has 0 aromatic heterocycles. The number of amides is 1. The predicted octanol–water partition coefficient (Wildman–Crippen LogP) is 3.02. The first-order valence-electron chi connectivity index (χ1n) is 6.20. The normalized spacial score (nSPS) is 17.0. The number of hydrogen-bond donors (Lipinski definition) is 1. The van der Waals surface area contributed by atoms with Crippen LogP contribution in [-0.4, -0.2) is 18.6 Å². The largest absolute Gasteiger partial charge is 0.378 e. The molecule has 1 saturated carbocycles. The van der Waals surface area contributed by atoms with Crippen molar-refractivity contribution in [2.24, 2.45) is 0 Å². The average molecular weight is 312 g/mol. The molecule has 1 N–H and O–H groups in total. The number of ether oxygens (including phenoxy) is 1. The van der Waals surface area contributed by atoms with Gasteiger partial charge in [0.1, 0.15) is 0 Å². The van der Waals surface area contributed by atoms with Crippen LogP contribution in [0.5, 0.6) is 0 Å². The number of methoxy groups -OCH3 is 1. The third-order valence-corrected chi connectivity index (χ3v) is 4.11. The lowest BCUT2D eigenvalue weighted by Crippen LogP contribution is -2.43. The molecule has 1 fully saturated rings. The Morgan fingerprint density at radius 2 is 2.06 bits per heavy atom. The second-order valence-electron chi connectivity index (χ2n) is 4.82. The summed E-state index contributed by atoms with van der Waals surface area (Å²) in [5.41, 5.74) is 0.913. The van der Waals surface area contributed by atoms with Crippen molar-refractivity contribution in [1.82, 2.24) is 5.32 Å². The van der Waals surface area contributed by atoms with E-state index in [2.05, 4.69) is 21.2 Å². The second-order valence-corrected chi connectivity index (χ2v) is 5.74. The summed E-state index contributed by atoms with van der Waals surface area (Å²) in [4.78, 5) is 11.9. The van der Waals surface area contributed by atoms with Crippen molar-refractivity contribution in [1.29, 1.82) is 0 Å². The number of hydrogen-bond acceptors (Lipinski definition) is 2. The number of carbonyl (C=O) groups is 1. The minimum absolute atomic E-state index is 0.0690. The Bertz CT molecular complexity index is 407. The minimum atomic E-state index is -0.191. The molecule has 18 heavy (non-hydrogen) atoms. The lowest BCUT2D eigenvalue weighted by atomic mass is 9.77. The fraction of sp³-hybridized carbons (Fsp3) is 0.500. The molecule has 1 aromatic rings. The lowest BCUT2D eigenvalue weighted by molar-refractivity contribution is -0.134. The van der Waals surface area contributed by atoms with Crippen LogP contribution in [-0.2, 0) is 16.1 Å². The molecule has 98 valence electrons. The number of rotatable bonds is 5. The molecule has 0 bridgehead atoms. The van der Waals surface area contributed by atoms with Gasteiger partial charge in [0.25, 0.3) is 0 Å². The minimum Gasteiger partial charge on any atom is -0.378 e. The number of benzene rings is 1. The molecule has 1 aliphatic rings. The zero-order valence-corrected chi connectivity index (χ0v) is 12.1. The van der Waals surface area contributed by atoms with Gasteiger partial charge in [-0.3, -0.25) is 4.79 Å². The van der Waals surface area contributed by atoms with Crippen LogP contribution in [0.15, 0.2) is 28.7 Å². The van der Waals surface area contributed by atoms with Crippen molar-refractivity contribution in [3.63, 3.8) is 0 Å². The predicted molar refractivity (Wildman–Crippen MR) is 74.2 cm³/mol. The average Bonchev–Trinajstić information content (AvgIpc) is 2.33. The van der Waals surface area contributed by atoms with Gasteiger partial charge in [-0.1, -0.05) is 28.1 Å². The van der Waals surface area contributed by atoms with E-state index in [1.807, 2.05) is 24.3 Å². The topological polar surface area (TPSA) is 38.3 Å². The molecule has 3 nitrogen and oxygen atoms in total. The Hall–Kier alpha value is -0.870. The smallest absolute Gasteiger partial charge is 0.223 e. The van der Waals surface area contributed by atoms with E-state index in [0.29, 0.717) is 13.0 Å². The van der Waals surface area contributed by atoms with Gasteiger partial charge >= 0.3 is 0 Å². The first kappa shape index (κ1) is 13.6. The zero-order valence-electron chi connectivity index (χ0n) is 10.5. The van der Waals surface area contributed by atoms with Crippen LogP contribution < -0.4 is 5.32 Å². The van der Waals surface area contributed by atoms with Gasteiger partial charge in [-0.15, -0.1) is 0 Å². The van der Waals surface area contributed by atoms with Gasteiger partial charge < -0.3 is 10.1 Å². The Balaban J connectivity index is 1.79. The van der Waals surface area contributed by atoms with Crippen LogP contribution in [0, 0.1) is 0 Å². The fourth-order valence-corrected chi connectivity index (χ4v) is 2.45. The van der Waals surface area contributed by atoms with Gasteiger partial charge in [-0.25, -0.2) is 0 Å². The van der Waals surface area contributed by atoms with E-state index < -0.39 is 0 Å². The number of carbonyl (C=O) groups excluding carboxylic acids is 1. The van der Waals surface area contributed by atoms with E-state index in [9.17, 15) is 4.79 Å². The zero-order chi connectivity index (χ0) is 13.0. The Labute approximate surface area is 116 Å². The summed E-state index contributed by atoms with van der Waals surface area (Å²) >= 11 is 3.39. The quantitative estimate of drug-likeness (QED) is 0.907. The van der Waals surface area contributed by atoms with Crippen molar-refractivity contribution < 1.29 is 9.53 Å². The Morgan fingerprint density at radius 3 is 2.56 bits per heavy atom. The van der Waals surface area contributed by atoms with Crippen LogP contribution in [0.1, 0.15) is 31.2 Å². The monoisotopic (exact) mass is 311 g/mol. The van der Waals surface area contributed by atoms with E-state index in [4.69, 9.17) is 4.74 Å². The summed E-state index contributed by atoms with van der Waals surface area (Å²) in [6.07, 6.45) is 3.62. The summed E-state index contributed by atoms with van der Waals surface area (Å²) in [5, 5.41) is 2.94. The van der Waals surface area contributed by atoms with Gasteiger partial charge in [-0.05, 0) is 37.0 Å². The highest BCUT2D eigenvalue weighted by Gasteiger charge is 2.38. The van der Waals surface area contributed by atoms with Gasteiger partial charge in [0.05, 0.1) is 12.0 Å². The second kappa shape index (κ2) is 5.85. The molecule has 0 saturated heterocycles. The van der Waals surface area contributed by atoms with Crippen molar-refractivity contribution in [2.75, 3.05) is 7.11 Å². The summed E-state index contributed by atoms with van der Waals surface area (Å²) in [5.74, 6) is 0.0690. The SMILES string of the molecule is COC1(CC(=O)NCc2ccc(Br)cc2)CCC1. The van der Waals surface area contributed by atoms with Crippen molar-refractivity contribution >= 4 is 21.8 Å². The third-order valence-electron chi connectivity index (χ3n) is 3.58. The molecule has 1 aromatic carbocycles. The van der Waals surface area contributed by atoms with E-state index in [1.54, 1.807) is 7.11 Å². The standard InChI is InChI=1S/C14H18BrNO2/c1-18-14(7-2-8-14)9-13(17)16-10-11-3-5-12(15)6-4-11/h3-6H,2,7-10H2,1H3,(H,16,17). The van der Waals surface area contributed by atoms with Crippen LogP contribution in [0.3, 0.4) is 0 Å². The Morgan fingerprint density at radius 1 is 1.39 bits per heavy atom. The Kier molecular flexibility index (Phi) is 4.40. The van der Waals surface area contributed by atoms with Gasteiger partial charge in [0.15, 0.2) is 0 Å². The number of nitrogens with one attached hydrogen (secondary N) is 1. The summed E-state index contributed by atoms with van der Waals surface area (Å²) in [6.45, 7) is 0.575. The van der Waals surface area contributed by atoms with Crippen molar-refractivity contribution in [3.05, 3.63) is 34.3 Å². The molecule has 0 heterocycles. The molecule has 4 heteroatoms. The molecule has 2 rings (SSSR count). The van der Waals surface area contributed by atoms with Gasteiger partial charge in [0.2, 0.25) is 5.91 Å². The van der Waals surface area contributed by atoms with Crippen molar-refractivity contribution in [3.8, 4) is 0 Å². The van der Waals surface area contributed by atoms with E-state index in [-0.39, 0.29) is 11.5 Å². The first-order valence-corrected chi connectivity index (χ1v) is 6.99. The highest BCUT2D eigenvalue weighted by atomic mass is 79.9. The summed E-state index contributed by atoms with van der Waals surface area (Å²) < 4.78 is 6.49. The van der Waals surface area contributed by atoms with Crippen LogP contribution in [0.25, 0.3) is 0 Å². The molecule has 0 radical (unpaired) electrons. The van der Waals surface area contributed by atoms with Crippen LogP contribution >= 0.6 is 15.9 Å². The lowest BCUT2D eigenvalue weighted by Gasteiger charge is -2.39.